The highest BCUT2D eigenvalue weighted by Gasteiger charge is 2.15. The van der Waals surface area contributed by atoms with Crippen LogP contribution in [-0.4, -0.2) is 34.3 Å². The van der Waals surface area contributed by atoms with Crippen molar-refractivity contribution in [1.82, 2.24) is 0 Å². The second-order valence-electron chi connectivity index (χ2n) is 5.09. The average molecular weight is 366 g/mol. The molecule has 0 aromatic heterocycles. The van der Waals surface area contributed by atoms with E-state index >= 15 is 0 Å². The van der Waals surface area contributed by atoms with Crippen LogP contribution >= 0.6 is 11.6 Å². The van der Waals surface area contributed by atoms with Crippen molar-refractivity contribution in [2.24, 2.45) is 0 Å². The third kappa shape index (κ3) is 4.48. The van der Waals surface area contributed by atoms with Crippen LogP contribution in [0, 0.1) is 0 Å². The third-order valence-corrected chi connectivity index (χ3v) is 3.88. The van der Waals surface area contributed by atoms with Crippen molar-refractivity contribution in [3.63, 3.8) is 0 Å². The maximum absolute atomic E-state index is 12.5. The number of carbonyl (C=O) groups is 1. The lowest BCUT2D eigenvalue weighted by Gasteiger charge is -2.14. The summed E-state index contributed by atoms with van der Waals surface area (Å²) >= 11 is 6.07. The smallest absolute Gasteiger partial charge is 0.229 e. The van der Waals surface area contributed by atoms with Gasteiger partial charge in [-0.25, -0.2) is 0 Å². The van der Waals surface area contributed by atoms with Crippen LogP contribution in [0.3, 0.4) is 0 Å². The van der Waals surface area contributed by atoms with Gasteiger partial charge in [-0.05, 0) is 18.2 Å². The lowest BCUT2D eigenvalue weighted by Crippen LogP contribution is -2.15. The largest absolute Gasteiger partial charge is 0.497 e. The molecule has 2 aromatic rings. The van der Waals surface area contributed by atoms with Gasteiger partial charge in [-0.2, -0.15) is 0 Å². The number of hydrogen-bond acceptors (Lipinski definition) is 5. The Morgan fingerprint density at radius 2 is 1.60 bits per heavy atom. The molecule has 2 aromatic carbocycles. The first kappa shape index (κ1) is 18.7. The molecule has 6 nitrogen and oxygen atoms in total. The molecule has 0 aliphatic heterocycles. The van der Waals surface area contributed by atoms with E-state index in [1.807, 2.05) is 0 Å². The molecule has 2 rings (SSSR count). The fourth-order valence-electron chi connectivity index (χ4n) is 2.35. The van der Waals surface area contributed by atoms with Crippen LogP contribution in [0.25, 0.3) is 0 Å². The highest BCUT2D eigenvalue weighted by molar-refractivity contribution is 6.32. The van der Waals surface area contributed by atoms with E-state index in [4.69, 9.17) is 30.5 Å². The maximum atomic E-state index is 12.5. The molecule has 0 spiro atoms. The van der Waals surface area contributed by atoms with Gasteiger partial charge >= 0.3 is 0 Å². The molecule has 1 amide bonds. The van der Waals surface area contributed by atoms with Gasteiger partial charge in [0.1, 0.15) is 23.0 Å². The van der Waals surface area contributed by atoms with Gasteiger partial charge in [0.15, 0.2) is 0 Å². The lowest BCUT2D eigenvalue weighted by atomic mass is 10.1. The Morgan fingerprint density at radius 1 is 0.920 bits per heavy atom. The summed E-state index contributed by atoms with van der Waals surface area (Å²) in [4.78, 5) is 12.5. The van der Waals surface area contributed by atoms with Gasteiger partial charge in [0.25, 0.3) is 0 Å². The molecule has 0 aliphatic rings. The lowest BCUT2D eigenvalue weighted by molar-refractivity contribution is -0.115. The molecule has 0 fully saturated rings. The van der Waals surface area contributed by atoms with Crippen molar-refractivity contribution >= 4 is 23.2 Å². The number of hydrogen-bond donors (Lipinski definition) is 1. The second-order valence-corrected chi connectivity index (χ2v) is 5.50. The summed E-state index contributed by atoms with van der Waals surface area (Å²) in [6.45, 7) is 0. The fourth-order valence-corrected chi connectivity index (χ4v) is 2.58. The minimum atomic E-state index is -0.241. The molecule has 0 radical (unpaired) electrons. The van der Waals surface area contributed by atoms with Crippen molar-refractivity contribution in [3.8, 4) is 23.0 Å². The molecular formula is C18H20ClNO5. The molecule has 0 atom stereocenters. The summed E-state index contributed by atoms with van der Waals surface area (Å²) in [6.07, 6.45) is 0.106. The zero-order chi connectivity index (χ0) is 18.4. The second kappa shape index (κ2) is 8.48. The molecule has 0 saturated carbocycles. The molecule has 0 unspecified atom stereocenters. The van der Waals surface area contributed by atoms with E-state index in [0.717, 1.165) is 0 Å². The van der Waals surface area contributed by atoms with Crippen molar-refractivity contribution in [2.45, 2.75) is 6.42 Å². The topological polar surface area (TPSA) is 66.0 Å². The normalized spacial score (nSPS) is 10.1. The third-order valence-electron chi connectivity index (χ3n) is 3.59. The number of anilines is 1. The van der Waals surface area contributed by atoms with E-state index in [1.54, 1.807) is 44.6 Å². The maximum Gasteiger partial charge on any atom is 0.229 e. The van der Waals surface area contributed by atoms with Gasteiger partial charge in [0, 0.05) is 17.7 Å². The standard InChI is InChI=1S/C18H20ClNO5/c1-22-12-5-6-15(23-2)11(7-12)8-18(21)20-14-10-16(24-3)13(19)9-17(14)25-4/h5-7,9-10H,8H2,1-4H3,(H,20,21). The highest BCUT2D eigenvalue weighted by Crippen LogP contribution is 2.36. The van der Waals surface area contributed by atoms with Crippen LogP contribution in [0.15, 0.2) is 30.3 Å². The predicted molar refractivity (Wildman–Crippen MR) is 96.4 cm³/mol. The summed E-state index contributed by atoms with van der Waals surface area (Å²) in [5, 5.41) is 3.20. The monoisotopic (exact) mass is 365 g/mol. The molecule has 25 heavy (non-hydrogen) atoms. The van der Waals surface area contributed by atoms with Crippen molar-refractivity contribution in [3.05, 3.63) is 40.9 Å². The molecular weight excluding hydrogens is 346 g/mol. The molecule has 134 valence electrons. The summed E-state index contributed by atoms with van der Waals surface area (Å²) in [6, 6.07) is 8.49. The summed E-state index contributed by atoms with van der Waals surface area (Å²) in [7, 11) is 6.12. The first-order chi connectivity index (χ1) is 12.0. The van der Waals surface area contributed by atoms with Gasteiger partial charge < -0.3 is 24.3 Å². The number of nitrogens with one attached hydrogen (secondary N) is 1. The molecule has 0 heterocycles. The Hall–Kier alpha value is -2.60. The highest BCUT2D eigenvalue weighted by atomic mass is 35.5. The number of halogens is 1. The van der Waals surface area contributed by atoms with Crippen molar-refractivity contribution in [2.75, 3.05) is 33.8 Å². The first-order valence-corrected chi connectivity index (χ1v) is 7.82. The van der Waals surface area contributed by atoms with Crippen LogP contribution in [-0.2, 0) is 11.2 Å². The van der Waals surface area contributed by atoms with Gasteiger partial charge in [-0.15, -0.1) is 0 Å². The van der Waals surface area contributed by atoms with E-state index < -0.39 is 0 Å². The predicted octanol–water partition coefficient (Wildman–Crippen LogP) is 3.56. The minimum absolute atomic E-state index is 0.106. The first-order valence-electron chi connectivity index (χ1n) is 7.44. The Morgan fingerprint density at radius 3 is 2.20 bits per heavy atom. The van der Waals surface area contributed by atoms with E-state index in [-0.39, 0.29) is 12.3 Å². The molecule has 7 heteroatoms. The van der Waals surface area contributed by atoms with Gasteiger partial charge in [0.05, 0.1) is 45.6 Å². The summed E-state index contributed by atoms with van der Waals surface area (Å²) in [5.41, 5.74) is 1.18. The van der Waals surface area contributed by atoms with Crippen molar-refractivity contribution < 1.29 is 23.7 Å². The van der Waals surface area contributed by atoms with Crippen LogP contribution in [0.1, 0.15) is 5.56 Å². The summed E-state index contributed by atoms with van der Waals surface area (Å²) < 4.78 is 20.9. The van der Waals surface area contributed by atoms with Crippen LogP contribution < -0.4 is 24.3 Å². The number of methoxy groups -OCH3 is 4. The van der Waals surface area contributed by atoms with E-state index in [9.17, 15) is 4.79 Å². The van der Waals surface area contributed by atoms with Crippen molar-refractivity contribution in [1.29, 1.82) is 0 Å². The zero-order valence-electron chi connectivity index (χ0n) is 14.5. The van der Waals surface area contributed by atoms with Gasteiger partial charge in [0.2, 0.25) is 5.91 Å². The van der Waals surface area contributed by atoms with Gasteiger partial charge in [-0.1, -0.05) is 11.6 Å². The van der Waals surface area contributed by atoms with E-state index in [0.29, 0.717) is 39.3 Å². The average Bonchev–Trinajstić information content (AvgIpc) is 2.62. The fraction of sp³-hybridized carbons (Fsp3) is 0.278. The Balaban J connectivity index is 2.23. The number of rotatable bonds is 7. The Kier molecular flexibility index (Phi) is 6.36. The van der Waals surface area contributed by atoms with Crippen LogP contribution in [0.4, 0.5) is 5.69 Å². The molecule has 1 N–H and O–H groups in total. The molecule has 0 aliphatic carbocycles. The number of amides is 1. The SMILES string of the molecule is COc1ccc(OC)c(CC(=O)Nc2cc(OC)c(Cl)cc2OC)c1. The number of ether oxygens (including phenoxy) is 4. The van der Waals surface area contributed by atoms with E-state index in [1.165, 1.54) is 14.2 Å². The summed E-state index contributed by atoms with van der Waals surface area (Å²) in [5.74, 6) is 1.90. The minimum Gasteiger partial charge on any atom is -0.497 e. The van der Waals surface area contributed by atoms with Gasteiger partial charge in [-0.3, -0.25) is 4.79 Å². The van der Waals surface area contributed by atoms with Crippen LogP contribution in [0.2, 0.25) is 5.02 Å². The Labute approximate surface area is 151 Å². The quantitative estimate of drug-likeness (QED) is 0.812. The zero-order valence-corrected chi connectivity index (χ0v) is 15.3. The number of benzene rings is 2. The van der Waals surface area contributed by atoms with E-state index in [2.05, 4.69) is 5.32 Å². The number of carbonyl (C=O) groups excluding carboxylic acids is 1. The Bertz CT molecular complexity index is 763. The molecule has 0 bridgehead atoms. The van der Waals surface area contributed by atoms with Crippen LogP contribution in [0.5, 0.6) is 23.0 Å². The molecule has 0 saturated heterocycles.